The fourth-order valence-electron chi connectivity index (χ4n) is 3.07. The van der Waals surface area contributed by atoms with Gasteiger partial charge in [0.1, 0.15) is 6.04 Å². The Kier molecular flexibility index (Phi) is 7.56. The molecule has 0 saturated carbocycles. The van der Waals surface area contributed by atoms with Crippen molar-refractivity contribution in [3.63, 3.8) is 0 Å². The number of likely N-dealkylation sites (tertiary alicyclic amines) is 1. The van der Waals surface area contributed by atoms with Gasteiger partial charge in [-0.05, 0) is 57.8 Å². The normalized spacial score (nSPS) is 17.0. The Morgan fingerprint density at radius 2 is 1.83 bits per heavy atom. The van der Waals surface area contributed by atoms with Gasteiger partial charge in [-0.15, -0.1) is 0 Å². The summed E-state index contributed by atoms with van der Waals surface area (Å²) in [6, 6.07) is 7.27. The molecule has 4 nitrogen and oxygen atoms in total. The minimum atomic E-state index is -0.566. The summed E-state index contributed by atoms with van der Waals surface area (Å²) in [5, 5.41) is 2.96. The zero-order valence-electron chi connectivity index (χ0n) is 14.4. The molecule has 1 aromatic carbocycles. The predicted molar refractivity (Wildman–Crippen MR) is 95.3 cm³/mol. The Bertz CT molecular complexity index is 466. The van der Waals surface area contributed by atoms with Gasteiger partial charge in [0.05, 0.1) is 0 Å². The van der Waals surface area contributed by atoms with Crippen LogP contribution in [0.25, 0.3) is 0 Å². The van der Waals surface area contributed by atoms with E-state index in [-0.39, 0.29) is 5.91 Å². The van der Waals surface area contributed by atoms with E-state index in [4.69, 9.17) is 5.73 Å². The number of amides is 1. The SMILES string of the molecule is Cc1ccc(C(N)C(=O)NCCCCCN2CCCCC2)cc1. The van der Waals surface area contributed by atoms with Crippen LogP contribution in [0.3, 0.4) is 0 Å². The molecular formula is C19H31N3O. The maximum Gasteiger partial charge on any atom is 0.241 e. The van der Waals surface area contributed by atoms with E-state index in [1.807, 2.05) is 31.2 Å². The van der Waals surface area contributed by atoms with Gasteiger partial charge < -0.3 is 16.0 Å². The maximum absolute atomic E-state index is 12.1. The summed E-state index contributed by atoms with van der Waals surface area (Å²) in [7, 11) is 0. The molecule has 0 bridgehead atoms. The van der Waals surface area contributed by atoms with E-state index < -0.39 is 6.04 Å². The summed E-state index contributed by atoms with van der Waals surface area (Å²) in [6.45, 7) is 6.48. The summed E-state index contributed by atoms with van der Waals surface area (Å²) in [5.41, 5.74) is 8.06. The maximum atomic E-state index is 12.1. The summed E-state index contributed by atoms with van der Waals surface area (Å²) < 4.78 is 0. The zero-order chi connectivity index (χ0) is 16.5. The third-order valence-electron chi connectivity index (χ3n) is 4.62. The van der Waals surface area contributed by atoms with E-state index in [0.29, 0.717) is 0 Å². The molecule has 1 heterocycles. The van der Waals surface area contributed by atoms with E-state index >= 15 is 0 Å². The standard InChI is InChI=1S/C19H31N3O/c1-16-8-10-17(11-9-16)18(20)19(23)21-12-4-2-5-13-22-14-6-3-7-15-22/h8-11,18H,2-7,12-15,20H2,1H3,(H,21,23). The Morgan fingerprint density at radius 3 is 2.52 bits per heavy atom. The molecule has 0 radical (unpaired) electrons. The van der Waals surface area contributed by atoms with Crippen LogP contribution in [0.1, 0.15) is 55.7 Å². The molecule has 0 aromatic heterocycles. The molecule has 0 spiro atoms. The average Bonchev–Trinajstić information content (AvgIpc) is 2.58. The van der Waals surface area contributed by atoms with Crippen molar-refractivity contribution in [2.24, 2.45) is 5.73 Å². The molecule has 128 valence electrons. The zero-order valence-corrected chi connectivity index (χ0v) is 14.4. The molecule has 2 rings (SSSR count). The van der Waals surface area contributed by atoms with Gasteiger partial charge in [0.15, 0.2) is 0 Å². The average molecular weight is 317 g/mol. The van der Waals surface area contributed by atoms with Crippen molar-refractivity contribution in [2.75, 3.05) is 26.2 Å². The quantitative estimate of drug-likeness (QED) is 0.725. The molecular weight excluding hydrogens is 286 g/mol. The molecule has 4 heteroatoms. The number of benzene rings is 1. The smallest absolute Gasteiger partial charge is 0.241 e. The number of hydrogen-bond donors (Lipinski definition) is 2. The third-order valence-corrected chi connectivity index (χ3v) is 4.62. The lowest BCUT2D eigenvalue weighted by Crippen LogP contribution is -2.34. The van der Waals surface area contributed by atoms with Gasteiger partial charge >= 0.3 is 0 Å². The van der Waals surface area contributed by atoms with Gasteiger partial charge in [-0.3, -0.25) is 4.79 Å². The molecule has 23 heavy (non-hydrogen) atoms. The molecule has 1 atom stereocenters. The van der Waals surface area contributed by atoms with Crippen LogP contribution in [-0.2, 0) is 4.79 Å². The predicted octanol–water partition coefficient (Wildman–Crippen LogP) is 2.77. The first kappa shape index (κ1) is 18.0. The number of rotatable bonds is 8. The van der Waals surface area contributed by atoms with Crippen molar-refractivity contribution in [3.05, 3.63) is 35.4 Å². The lowest BCUT2D eigenvalue weighted by molar-refractivity contribution is -0.122. The topological polar surface area (TPSA) is 58.4 Å². The molecule has 1 aliphatic heterocycles. The second-order valence-corrected chi connectivity index (χ2v) is 6.64. The molecule has 1 fully saturated rings. The first-order chi connectivity index (χ1) is 11.2. The van der Waals surface area contributed by atoms with Crippen LogP contribution < -0.4 is 11.1 Å². The molecule has 1 aliphatic rings. The minimum absolute atomic E-state index is 0.0788. The van der Waals surface area contributed by atoms with E-state index in [2.05, 4.69) is 10.2 Å². The van der Waals surface area contributed by atoms with Crippen molar-refractivity contribution in [1.29, 1.82) is 0 Å². The fourth-order valence-corrected chi connectivity index (χ4v) is 3.07. The number of hydrogen-bond acceptors (Lipinski definition) is 3. The Balaban J connectivity index is 1.56. The number of carbonyl (C=O) groups excluding carboxylic acids is 1. The lowest BCUT2D eigenvalue weighted by Gasteiger charge is -2.26. The molecule has 1 unspecified atom stereocenters. The van der Waals surface area contributed by atoms with Crippen LogP contribution in [0.15, 0.2) is 24.3 Å². The Labute approximate surface area is 140 Å². The Hall–Kier alpha value is -1.39. The Morgan fingerprint density at radius 1 is 1.13 bits per heavy atom. The molecule has 1 aromatic rings. The molecule has 3 N–H and O–H groups in total. The van der Waals surface area contributed by atoms with Gasteiger partial charge in [-0.2, -0.15) is 0 Å². The van der Waals surface area contributed by atoms with E-state index in [0.717, 1.165) is 24.9 Å². The summed E-state index contributed by atoms with van der Waals surface area (Å²) in [6.07, 6.45) is 7.51. The number of nitrogens with zero attached hydrogens (tertiary/aromatic N) is 1. The number of unbranched alkanes of at least 4 members (excludes halogenated alkanes) is 2. The second kappa shape index (κ2) is 9.68. The molecule has 1 saturated heterocycles. The van der Waals surface area contributed by atoms with Gasteiger partial charge in [-0.1, -0.05) is 42.7 Å². The number of nitrogens with one attached hydrogen (secondary N) is 1. The summed E-state index contributed by atoms with van der Waals surface area (Å²) >= 11 is 0. The first-order valence-electron chi connectivity index (χ1n) is 8.99. The van der Waals surface area contributed by atoms with Crippen LogP contribution in [0.4, 0.5) is 0 Å². The lowest BCUT2D eigenvalue weighted by atomic mass is 10.1. The molecule has 0 aliphatic carbocycles. The summed E-state index contributed by atoms with van der Waals surface area (Å²) in [4.78, 5) is 14.6. The van der Waals surface area contributed by atoms with Crippen LogP contribution in [0.5, 0.6) is 0 Å². The largest absolute Gasteiger partial charge is 0.354 e. The number of aryl methyl sites for hydroxylation is 1. The van der Waals surface area contributed by atoms with Crippen molar-refractivity contribution < 1.29 is 4.79 Å². The van der Waals surface area contributed by atoms with Gasteiger partial charge in [0, 0.05) is 6.54 Å². The van der Waals surface area contributed by atoms with Crippen molar-refractivity contribution in [2.45, 2.75) is 51.5 Å². The van der Waals surface area contributed by atoms with Crippen LogP contribution in [0.2, 0.25) is 0 Å². The van der Waals surface area contributed by atoms with Crippen LogP contribution in [-0.4, -0.2) is 37.0 Å². The second-order valence-electron chi connectivity index (χ2n) is 6.64. The van der Waals surface area contributed by atoms with E-state index in [1.54, 1.807) is 0 Å². The first-order valence-corrected chi connectivity index (χ1v) is 8.99. The highest BCUT2D eigenvalue weighted by atomic mass is 16.2. The van der Waals surface area contributed by atoms with Crippen LogP contribution in [0, 0.1) is 6.92 Å². The summed E-state index contributed by atoms with van der Waals surface area (Å²) in [5.74, 6) is -0.0788. The van der Waals surface area contributed by atoms with E-state index in [9.17, 15) is 4.79 Å². The highest BCUT2D eigenvalue weighted by Crippen LogP contribution is 2.12. The third kappa shape index (κ3) is 6.32. The van der Waals surface area contributed by atoms with E-state index in [1.165, 1.54) is 50.9 Å². The number of nitrogens with two attached hydrogens (primary N) is 1. The van der Waals surface area contributed by atoms with Gasteiger partial charge in [-0.25, -0.2) is 0 Å². The number of piperidine rings is 1. The monoisotopic (exact) mass is 317 g/mol. The minimum Gasteiger partial charge on any atom is -0.354 e. The fraction of sp³-hybridized carbons (Fsp3) is 0.632. The van der Waals surface area contributed by atoms with Crippen LogP contribution >= 0.6 is 0 Å². The van der Waals surface area contributed by atoms with Crippen molar-refractivity contribution in [3.8, 4) is 0 Å². The number of carbonyl (C=O) groups is 1. The van der Waals surface area contributed by atoms with Crippen molar-refractivity contribution in [1.82, 2.24) is 10.2 Å². The van der Waals surface area contributed by atoms with Gasteiger partial charge in [0.25, 0.3) is 0 Å². The van der Waals surface area contributed by atoms with Crippen molar-refractivity contribution >= 4 is 5.91 Å². The highest BCUT2D eigenvalue weighted by Gasteiger charge is 2.14. The van der Waals surface area contributed by atoms with Gasteiger partial charge in [0.2, 0.25) is 5.91 Å². The highest BCUT2D eigenvalue weighted by molar-refractivity contribution is 5.82. The molecule has 1 amide bonds.